The molecule has 2 unspecified atom stereocenters. The van der Waals surface area contributed by atoms with Gasteiger partial charge in [0.05, 0.1) is 6.04 Å². The number of aromatic nitrogens is 1. The molecule has 0 aliphatic carbocycles. The Labute approximate surface area is 117 Å². The first-order chi connectivity index (χ1) is 8.97. The first-order valence-corrected chi connectivity index (χ1v) is 7.08. The van der Waals surface area contributed by atoms with E-state index in [1.165, 1.54) is 0 Å². The zero-order valence-electron chi connectivity index (χ0n) is 12.9. The summed E-state index contributed by atoms with van der Waals surface area (Å²) in [6, 6.07) is 4.21. The van der Waals surface area contributed by atoms with Crippen LogP contribution in [0.5, 0.6) is 0 Å². The fourth-order valence-corrected chi connectivity index (χ4v) is 2.41. The number of nitrogens with zero attached hydrogens (tertiary/aromatic N) is 2. The molecule has 2 atom stereocenters. The highest BCUT2D eigenvalue weighted by Gasteiger charge is 2.36. The maximum atomic E-state index is 6.08. The molecule has 19 heavy (non-hydrogen) atoms. The zero-order chi connectivity index (χ0) is 14.5. The molecule has 0 fully saturated rings. The van der Waals surface area contributed by atoms with Gasteiger partial charge < -0.3 is 16.0 Å². The molecule has 0 aliphatic rings. The molecule has 1 aromatic heterocycles. The average molecular weight is 264 g/mol. The lowest BCUT2D eigenvalue weighted by Crippen LogP contribution is -2.51. The molecule has 0 bridgehead atoms. The summed E-state index contributed by atoms with van der Waals surface area (Å²) < 4.78 is 0. The number of likely N-dealkylation sites (N-methyl/N-ethyl adjacent to an activating group) is 1. The topological polar surface area (TPSA) is 54.2 Å². The lowest BCUT2D eigenvalue weighted by atomic mass is 9.83. The summed E-state index contributed by atoms with van der Waals surface area (Å²) >= 11 is 0. The van der Waals surface area contributed by atoms with Crippen LogP contribution in [-0.2, 0) is 0 Å². The third kappa shape index (κ3) is 3.45. The van der Waals surface area contributed by atoms with Gasteiger partial charge in [-0.2, -0.15) is 0 Å². The first kappa shape index (κ1) is 15.9. The Kier molecular flexibility index (Phi) is 5.76. The molecule has 1 aromatic rings. The van der Waals surface area contributed by atoms with Crippen molar-refractivity contribution >= 4 is 5.82 Å². The molecule has 0 saturated carbocycles. The van der Waals surface area contributed by atoms with Gasteiger partial charge >= 0.3 is 0 Å². The summed E-state index contributed by atoms with van der Waals surface area (Å²) in [5.41, 5.74) is 7.17. The van der Waals surface area contributed by atoms with E-state index in [2.05, 4.69) is 56.1 Å². The van der Waals surface area contributed by atoms with Crippen molar-refractivity contribution in [3.63, 3.8) is 0 Å². The van der Waals surface area contributed by atoms with E-state index in [1.54, 1.807) is 6.20 Å². The summed E-state index contributed by atoms with van der Waals surface area (Å²) in [4.78, 5) is 6.51. The van der Waals surface area contributed by atoms with Crippen molar-refractivity contribution in [3.8, 4) is 0 Å². The van der Waals surface area contributed by atoms with Gasteiger partial charge in [-0.3, -0.25) is 0 Å². The van der Waals surface area contributed by atoms with Gasteiger partial charge in [0.15, 0.2) is 0 Å². The van der Waals surface area contributed by atoms with Crippen LogP contribution in [0.4, 0.5) is 5.82 Å². The van der Waals surface area contributed by atoms with E-state index in [9.17, 15) is 0 Å². The second-order valence-corrected chi connectivity index (χ2v) is 5.47. The van der Waals surface area contributed by atoms with Crippen LogP contribution < -0.4 is 11.1 Å². The standard InChI is InChI=1S/C15H28N4/c1-6-10-17-13(15(3,7-2)19(4)5)12-9-8-11-18-14(12)16/h8-9,11,13,17H,6-7,10H2,1-5H3,(H2,16,18). The molecule has 1 rings (SSSR count). The van der Waals surface area contributed by atoms with Crippen LogP contribution in [0.25, 0.3) is 0 Å². The van der Waals surface area contributed by atoms with Crippen molar-refractivity contribution in [1.82, 2.24) is 15.2 Å². The van der Waals surface area contributed by atoms with Crippen molar-refractivity contribution < 1.29 is 0 Å². The van der Waals surface area contributed by atoms with Crippen LogP contribution in [0.3, 0.4) is 0 Å². The largest absolute Gasteiger partial charge is 0.383 e. The molecule has 4 nitrogen and oxygen atoms in total. The Balaban J connectivity index is 3.17. The second-order valence-electron chi connectivity index (χ2n) is 5.47. The molecule has 4 heteroatoms. The van der Waals surface area contributed by atoms with Gasteiger partial charge in [-0.25, -0.2) is 4.98 Å². The maximum absolute atomic E-state index is 6.08. The number of rotatable bonds is 7. The first-order valence-electron chi connectivity index (χ1n) is 7.08. The molecule has 0 aromatic carbocycles. The van der Waals surface area contributed by atoms with Crippen LogP contribution in [0.2, 0.25) is 0 Å². The van der Waals surface area contributed by atoms with Crippen LogP contribution in [0, 0.1) is 0 Å². The predicted molar refractivity (Wildman–Crippen MR) is 82.1 cm³/mol. The number of pyridine rings is 1. The minimum atomic E-state index is 0.00627. The molecular formula is C15H28N4. The SMILES string of the molecule is CCCNC(c1cccnc1N)C(C)(CC)N(C)C. The van der Waals surface area contributed by atoms with Crippen LogP contribution >= 0.6 is 0 Å². The molecule has 1 heterocycles. The maximum Gasteiger partial charge on any atom is 0.128 e. The third-order valence-electron chi connectivity index (χ3n) is 4.14. The van der Waals surface area contributed by atoms with Crippen molar-refractivity contribution in [2.24, 2.45) is 0 Å². The molecule has 0 aliphatic heterocycles. The molecular weight excluding hydrogens is 236 g/mol. The molecule has 0 spiro atoms. The number of nitrogens with one attached hydrogen (secondary N) is 1. The average Bonchev–Trinajstić information content (AvgIpc) is 2.40. The van der Waals surface area contributed by atoms with Gasteiger partial charge in [0.2, 0.25) is 0 Å². The molecule has 0 radical (unpaired) electrons. The van der Waals surface area contributed by atoms with Gasteiger partial charge in [-0.1, -0.05) is 19.9 Å². The lowest BCUT2D eigenvalue weighted by molar-refractivity contribution is 0.113. The van der Waals surface area contributed by atoms with Gasteiger partial charge in [0, 0.05) is 17.3 Å². The number of hydrogen-bond donors (Lipinski definition) is 2. The Bertz CT molecular complexity index is 391. The van der Waals surface area contributed by atoms with E-state index >= 15 is 0 Å². The summed E-state index contributed by atoms with van der Waals surface area (Å²) in [5.74, 6) is 0.623. The van der Waals surface area contributed by atoms with E-state index in [0.717, 1.165) is 24.9 Å². The van der Waals surface area contributed by atoms with Crippen LogP contribution in [-0.4, -0.2) is 36.1 Å². The summed E-state index contributed by atoms with van der Waals surface area (Å²) in [5, 5.41) is 3.64. The number of nitrogens with two attached hydrogens (primary N) is 1. The van der Waals surface area contributed by atoms with E-state index in [1.807, 2.05) is 6.07 Å². The minimum absolute atomic E-state index is 0.00627. The van der Waals surface area contributed by atoms with Gasteiger partial charge in [-0.05, 0) is 46.5 Å². The van der Waals surface area contributed by atoms with Crippen molar-refractivity contribution in [2.45, 2.75) is 45.2 Å². The predicted octanol–water partition coefficient (Wildman–Crippen LogP) is 2.43. The quantitative estimate of drug-likeness (QED) is 0.794. The summed E-state index contributed by atoms with van der Waals surface area (Å²) in [6.45, 7) is 7.64. The zero-order valence-corrected chi connectivity index (χ0v) is 12.9. The number of anilines is 1. The Morgan fingerprint density at radius 3 is 2.58 bits per heavy atom. The summed E-state index contributed by atoms with van der Waals surface area (Å²) in [6.07, 6.45) is 3.88. The summed E-state index contributed by atoms with van der Waals surface area (Å²) in [7, 11) is 4.24. The van der Waals surface area contributed by atoms with Crippen molar-refractivity contribution in [2.75, 3.05) is 26.4 Å². The lowest BCUT2D eigenvalue weighted by Gasteiger charge is -2.43. The Morgan fingerprint density at radius 2 is 2.11 bits per heavy atom. The fourth-order valence-electron chi connectivity index (χ4n) is 2.41. The van der Waals surface area contributed by atoms with E-state index in [-0.39, 0.29) is 11.6 Å². The monoisotopic (exact) mass is 264 g/mol. The fraction of sp³-hybridized carbons (Fsp3) is 0.667. The molecule has 108 valence electrons. The third-order valence-corrected chi connectivity index (χ3v) is 4.14. The van der Waals surface area contributed by atoms with Gasteiger partial charge in [0.1, 0.15) is 5.82 Å². The highest BCUT2D eigenvalue weighted by Crippen LogP contribution is 2.34. The van der Waals surface area contributed by atoms with Crippen LogP contribution in [0.1, 0.15) is 45.2 Å². The minimum Gasteiger partial charge on any atom is -0.383 e. The van der Waals surface area contributed by atoms with E-state index in [0.29, 0.717) is 5.82 Å². The number of nitrogen functional groups attached to an aromatic ring is 1. The van der Waals surface area contributed by atoms with E-state index in [4.69, 9.17) is 5.73 Å². The van der Waals surface area contributed by atoms with Gasteiger partial charge in [0.25, 0.3) is 0 Å². The molecule has 0 saturated heterocycles. The van der Waals surface area contributed by atoms with Crippen molar-refractivity contribution in [3.05, 3.63) is 23.9 Å². The highest BCUT2D eigenvalue weighted by atomic mass is 15.2. The highest BCUT2D eigenvalue weighted by molar-refractivity contribution is 5.42. The van der Waals surface area contributed by atoms with Gasteiger partial charge in [-0.15, -0.1) is 0 Å². The molecule has 3 N–H and O–H groups in total. The molecule has 0 amide bonds. The smallest absolute Gasteiger partial charge is 0.128 e. The Morgan fingerprint density at radius 1 is 1.42 bits per heavy atom. The Hall–Kier alpha value is -1.13. The van der Waals surface area contributed by atoms with Crippen molar-refractivity contribution in [1.29, 1.82) is 0 Å². The van der Waals surface area contributed by atoms with Crippen LogP contribution in [0.15, 0.2) is 18.3 Å². The normalized spacial score (nSPS) is 16.3. The van der Waals surface area contributed by atoms with E-state index < -0.39 is 0 Å². The number of hydrogen-bond acceptors (Lipinski definition) is 4. The second kappa shape index (κ2) is 6.87.